The summed E-state index contributed by atoms with van der Waals surface area (Å²) < 4.78 is 13.0. The van der Waals surface area contributed by atoms with Gasteiger partial charge in [-0.05, 0) is 36.6 Å². The Morgan fingerprint density at radius 2 is 2.23 bits per heavy atom. The van der Waals surface area contributed by atoms with Crippen LogP contribution in [0.25, 0.3) is 0 Å². The van der Waals surface area contributed by atoms with Crippen LogP contribution in [0.5, 0.6) is 0 Å². The Bertz CT molecular complexity index is 288. The Hall–Kier alpha value is -0.600. The third-order valence-electron chi connectivity index (χ3n) is 1.84. The Morgan fingerprint density at radius 3 is 2.77 bits per heavy atom. The Kier molecular flexibility index (Phi) is 3.70. The first kappa shape index (κ1) is 10.5. The summed E-state index contributed by atoms with van der Waals surface area (Å²) in [6, 6.07) is 4.82. The van der Waals surface area contributed by atoms with Crippen LogP contribution in [0.4, 0.5) is 4.39 Å². The highest BCUT2D eigenvalue weighted by Crippen LogP contribution is 2.17. The van der Waals surface area contributed by atoms with Crippen LogP contribution in [-0.4, -0.2) is 6.54 Å². The third kappa shape index (κ3) is 2.98. The molecule has 0 spiro atoms. The number of rotatable bonds is 3. The molecule has 0 aliphatic rings. The first-order valence-corrected chi connectivity index (χ1v) is 4.46. The van der Waals surface area contributed by atoms with E-state index in [1.54, 1.807) is 6.07 Å². The maximum atomic E-state index is 13.0. The SMILES string of the molecule is C[C](CN)Cc1ccc(Cl)c(F)c1. The fraction of sp³-hybridized carbons (Fsp3) is 0.300. The zero-order valence-corrected chi connectivity index (χ0v) is 8.24. The minimum absolute atomic E-state index is 0.161. The largest absolute Gasteiger partial charge is 0.330 e. The number of nitrogens with two attached hydrogens (primary N) is 1. The van der Waals surface area contributed by atoms with E-state index in [0.29, 0.717) is 13.0 Å². The Balaban J connectivity index is 2.73. The summed E-state index contributed by atoms with van der Waals surface area (Å²) in [5.74, 6) is 0.755. The molecular formula is C10H12ClFN. The van der Waals surface area contributed by atoms with Gasteiger partial charge >= 0.3 is 0 Å². The van der Waals surface area contributed by atoms with Crippen LogP contribution in [0.3, 0.4) is 0 Å². The van der Waals surface area contributed by atoms with E-state index in [4.69, 9.17) is 17.3 Å². The Morgan fingerprint density at radius 1 is 1.54 bits per heavy atom. The summed E-state index contributed by atoms with van der Waals surface area (Å²) in [6.07, 6.45) is 0.713. The Labute approximate surface area is 82.7 Å². The van der Waals surface area contributed by atoms with Gasteiger partial charge in [-0.2, -0.15) is 0 Å². The van der Waals surface area contributed by atoms with Gasteiger partial charge in [-0.25, -0.2) is 4.39 Å². The van der Waals surface area contributed by atoms with Gasteiger partial charge in [-0.3, -0.25) is 0 Å². The standard InChI is InChI=1S/C10H12ClFN/c1-7(6-13)4-8-2-3-9(11)10(12)5-8/h2-3,5H,4,6,13H2,1H3. The molecule has 1 aromatic carbocycles. The predicted molar refractivity (Wildman–Crippen MR) is 53.1 cm³/mol. The summed E-state index contributed by atoms with van der Waals surface area (Å²) in [5.41, 5.74) is 6.34. The van der Waals surface area contributed by atoms with Crippen LogP contribution in [0.15, 0.2) is 18.2 Å². The highest BCUT2D eigenvalue weighted by Gasteiger charge is 2.04. The van der Waals surface area contributed by atoms with E-state index in [1.165, 1.54) is 6.07 Å². The van der Waals surface area contributed by atoms with Crippen LogP contribution >= 0.6 is 11.6 Å². The van der Waals surface area contributed by atoms with Gasteiger partial charge in [-0.15, -0.1) is 0 Å². The molecule has 0 fully saturated rings. The van der Waals surface area contributed by atoms with Crippen molar-refractivity contribution in [1.82, 2.24) is 0 Å². The van der Waals surface area contributed by atoms with Crippen LogP contribution in [0.2, 0.25) is 5.02 Å². The van der Waals surface area contributed by atoms with Crippen molar-refractivity contribution in [1.29, 1.82) is 0 Å². The van der Waals surface area contributed by atoms with Gasteiger partial charge in [0, 0.05) is 0 Å². The molecule has 1 radical (unpaired) electrons. The monoisotopic (exact) mass is 200 g/mol. The van der Waals surface area contributed by atoms with Gasteiger partial charge in [0.05, 0.1) is 5.02 Å². The van der Waals surface area contributed by atoms with Gasteiger partial charge in [0.1, 0.15) is 5.82 Å². The maximum absolute atomic E-state index is 13.0. The lowest BCUT2D eigenvalue weighted by Gasteiger charge is -2.07. The molecular weight excluding hydrogens is 189 g/mol. The van der Waals surface area contributed by atoms with E-state index in [9.17, 15) is 4.39 Å². The minimum Gasteiger partial charge on any atom is -0.330 e. The summed E-state index contributed by atoms with van der Waals surface area (Å²) in [4.78, 5) is 0. The van der Waals surface area contributed by atoms with E-state index >= 15 is 0 Å². The average molecular weight is 201 g/mol. The van der Waals surface area contributed by atoms with Crippen molar-refractivity contribution >= 4 is 11.6 Å². The third-order valence-corrected chi connectivity index (χ3v) is 2.14. The van der Waals surface area contributed by atoms with Gasteiger partial charge < -0.3 is 5.73 Å². The zero-order chi connectivity index (χ0) is 9.84. The fourth-order valence-corrected chi connectivity index (χ4v) is 1.19. The van der Waals surface area contributed by atoms with Crippen molar-refractivity contribution in [2.24, 2.45) is 5.73 Å². The van der Waals surface area contributed by atoms with Gasteiger partial charge in [0.15, 0.2) is 0 Å². The molecule has 0 amide bonds. The molecule has 3 heteroatoms. The topological polar surface area (TPSA) is 26.0 Å². The normalized spacial score (nSPS) is 10.8. The van der Waals surface area contributed by atoms with Gasteiger partial charge in [0.2, 0.25) is 0 Å². The highest BCUT2D eigenvalue weighted by atomic mass is 35.5. The van der Waals surface area contributed by atoms with E-state index in [1.807, 2.05) is 13.0 Å². The maximum Gasteiger partial charge on any atom is 0.142 e. The van der Waals surface area contributed by atoms with E-state index < -0.39 is 0 Å². The molecule has 0 saturated heterocycles. The summed E-state index contributed by atoms with van der Waals surface area (Å²) >= 11 is 5.54. The second kappa shape index (κ2) is 4.58. The first-order chi connectivity index (χ1) is 6.13. The van der Waals surface area contributed by atoms with Crippen molar-refractivity contribution in [2.45, 2.75) is 13.3 Å². The average Bonchev–Trinajstić information content (AvgIpc) is 2.11. The van der Waals surface area contributed by atoms with Crippen molar-refractivity contribution in [3.63, 3.8) is 0 Å². The first-order valence-electron chi connectivity index (χ1n) is 4.08. The predicted octanol–water partition coefficient (Wildman–Crippen LogP) is 2.57. The molecule has 0 aromatic heterocycles. The lowest BCUT2D eigenvalue weighted by Crippen LogP contribution is -2.11. The molecule has 2 N–H and O–H groups in total. The van der Waals surface area contributed by atoms with Crippen LogP contribution in [0, 0.1) is 11.7 Å². The number of benzene rings is 1. The number of hydrogen-bond acceptors (Lipinski definition) is 1. The highest BCUT2D eigenvalue weighted by molar-refractivity contribution is 6.30. The van der Waals surface area contributed by atoms with Crippen molar-refractivity contribution in [3.8, 4) is 0 Å². The molecule has 0 aliphatic carbocycles. The van der Waals surface area contributed by atoms with Crippen LogP contribution in [-0.2, 0) is 6.42 Å². The molecule has 0 unspecified atom stereocenters. The minimum atomic E-state index is -0.371. The number of halogens is 2. The van der Waals surface area contributed by atoms with Gasteiger partial charge in [-0.1, -0.05) is 24.6 Å². The molecule has 1 rings (SSSR count). The van der Waals surface area contributed by atoms with Gasteiger partial charge in [0.25, 0.3) is 0 Å². The molecule has 1 nitrogen and oxygen atoms in total. The lowest BCUT2D eigenvalue weighted by atomic mass is 10.0. The van der Waals surface area contributed by atoms with Crippen molar-refractivity contribution < 1.29 is 4.39 Å². The molecule has 1 aromatic rings. The van der Waals surface area contributed by atoms with E-state index in [0.717, 1.165) is 11.5 Å². The molecule has 0 aliphatic heterocycles. The fourth-order valence-electron chi connectivity index (χ4n) is 1.07. The number of hydrogen-bond donors (Lipinski definition) is 1. The lowest BCUT2D eigenvalue weighted by molar-refractivity contribution is 0.625. The second-order valence-electron chi connectivity index (χ2n) is 3.09. The second-order valence-corrected chi connectivity index (χ2v) is 3.49. The summed E-state index contributed by atoms with van der Waals surface area (Å²) in [7, 11) is 0. The smallest absolute Gasteiger partial charge is 0.142 e. The summed E-state index contributed by atoms with van der Waals surface area (Å²) in [6.45, 7) is 2.48. The molecule has 13 heavy (non-hydrogen) atoms. The molecule has 0 saturated carbocycles. The van der Waals surface area contributed by atoms with E-state index in [-0.39, 0.29) is 10.8 Å². The molecule has 71 valence electrons. The zero-order valence-electron chi connectivity index (χ0n) is 7.48. The summed E-state index contributed by atoms with van der Waals surface area (Å²) in [5, 5.41) is 0.161. The van der Waals surface area contributed by atoms with Crippen LogP contribution in [0.1, 0.15) is 12.5 Å². The van der Waals surface area contributed by atoms with Crippen LogP contribution < -0.4 is 5.73 Å². The quantitative estimate of drug-likeness (QED) is 0.798. The van der Waals surface area contributed by atoms with E-state index in [2.05, 4.69) is 0 Å². The van der Waals surface area contributed by atoms with Crippen molar-refractivity contribution in [3.05, 3.63) is 40.5 Å². The molecule has 0 bridgehead atoms. The van der Waals surface area contributed by atoms with Crippen molar-refractivity contribution in [2.75, 3.05) is 6.54 Å². The molecule has 0 atom stereocenters. The molecule has 0 heterocycles.